The predicted octanol–water partition coefficient (Wildman–Crippen LogP) is 2.09. The molecule has 5 heteroatoms. The minimum Gasteiger partial charge on any atom is -0.497 e. The maximum absolute atomic E-state index is 5.23. The van der Waals surface area contributed by atoms with Crippen molar-refractivity contribution in [2.75, 3.05) is 40.8 Å². The van der Waals surface area contributed by atoms with E-state index < -0.39 is 0 Å². The molecule has 0 bridgehead atoms. The Kier molecular flexibility index (Phi) is 9.07. The smallest absolute Gasteiger partial charge is 0.191 e. The van der Waals surface area contributed by atoms with E-state index in [1.165, 1.54) is 18.4 Å². The number of guanidine groups is 1. The predicted molar refractivity (Wildman–Crippen MR) is 93.6 cm³/mol. The molecule has 5 nitrogen and oxygen atoms in total. The number of nitrogens with zero attached hydrogens (tertiary/aromatic N) is 2. The Morgan fingerprint density at radius 2 is 2.09 bits per heavy atom. The molecule has 124 valence electrons. The van der Waals surface area contributed by atoms with Crippen LogP contribution in [0.2, 0.25) is 0 Å². The van der Waals surface area contributed by atoms with Crippen LogP contribution in [0.4, 0.5) is 0 Å². The fourth-order valence-electron chi connectivity index (χ4n) is 2.09. The SMILES string of the molecule is CCCCN(C)CCNC(=NC)NCc1cccc(OC)c1. The average Bonchev–Trinajstić information content (AvgIpc) is 2.56. The lowest BCUT2D eigenvalue weighted by atomic mass is 10.2. The zero-order valence-corrected chi connectivity index (χ0v) is 14.4. The minimum atomic E-state index is 0.725. The van der Waals surface area contributed by atoms with E-state index in [0.29, 0.717) is 0 Å². The van der Waals surface area contributed by atoms with Gasteiger partial charge in [0.25, 0.3) is 0 Å². The van der Waals surface area contributed by atoms with Crippen LogP contribution in [0.15, 0.2) is 29.3 Å². The molecule has 0 aromatic heterocycles. The van der Waals surface area contributed by atoms with Crippen molar-refractivity contribution in [2.45, 2.75) is 26.3 Å². The van der Waals surface area contributed by atoms with Crippen LogP contribution in [-0.2, 0) is 6.54 Å². The van der Waals surface area contributed by atoms with Crippen LogP contribution in [0.3, 0.4) is 0 Å². The third kappa shape index (κ3) is 7.31. The van der Waals surface area contributed by atoms with Crippen LogP contribution in [0.5, 0.6) is 5.75 Å². The second-order valence-corrected chi connectivity index (χ2v) is 5.36. The molecule has 2 N–H and O–H groups in total. The third-order valence-electron chi connectivity index (χ3n) is 3.50. The van der Waals surface area contributed by atoms with Gasteiger partial charge in [-0.05, 0) is 37.7 Å². The lowest BCUT2D eigenvalue weighted by Gasteiger charge is -2.18. The summed E-state index contributed by atoms with van der Waals surface area (Å²) in [5, 5.41) is 6.66. The van der Waals surface area contributed by atoms with Crippen molar-refractivity contribution in [3.63, 3.8) is 0 Å². The van der Waals surface area contributed by atoms with Crippen molar-refractivity contribution in [2.24, 2.45) is 4.99 Å². The summed E-state index contributed by atoms with van der Waals surface area (Å²) in [5.41, 5.74) is 1.17. The summed E-state index contributed by atoms with van der Waals surface area (Å²) in [5.74, 6) is 1.70. The van der Waals surface area contributed by atoms with E-state index in [0.717, 1.165) is 37.9 Å². The van der Waals surface area contributed by atoms with E-state index in [4.69, 9.17) is 4.74 Å². The van der Waals surface area contributed by atoms with E-state index in [9.17, 15) is 0 Å². The highest BCUT2D eigenvalue weighted by Crippen LogP contribution is 2.11. The summed E-state index contributed by atoms with van der Waals surface area (Å²) in [7, 11) is 5.63. The van der Waals surface area contributed by atoms with Gasteiger partial charge >= 0.3 is 0 Å². The van der Waals surface area contributed by atoms with Crippen LogP contribution in [0.25, 0.3) is 0 Å². The Bertz CT molecular complexity index is 448. The number of ether oxygens (including phenoxy) is 1. The molecule has 0 atom stereocenters. The number of aliphatic imine (C=N–C) groups is 1. The van der Waals surface area contributed by atoms with Crippen LogP contribution in [0, 0.1) is 0 Å². The molecule has 0 aliphatic heterocycles. The van der Waals surface area contributed by atoms with Gasteiger partial charge in [-0.2, -0.15) is 0 Å². The number of unbranched alkanes of at least 4 members (excludes halogenated alkanes) is 1. The zero-order valence-electron chi connectivity index (χ0n) is 14.4. The van der Waals surface area contributed by atoms with Gasteiger partial charge in [-0.1, -0.05) is 25.5 Å². The normalized spacial score (nSPS) is 11.6. The molecule has 0 fully saturated rings. The summed E-state index contributed by atoms with van der Waals surface area (Å²) >= 11 is 0. The molecule has 0 spiro atoms. The monoisotopic (exact) mass is 306 g/mol. The Balaban J connectivity index is 2.30. The van der Waals surface area contributed by atoms with E-state index >= 15 is 0 Å². The fraction of sp³-hybridized carbons (Fsp3) is 0.588. The zero-order chi connectivity index (χ0) is 16.2. The Labute approximate surface area is 134 Å². The van der Waals surface area contributed by atoms with Gasteiger partial charge in [0, 0.05) is 26.7 Å². The fourth-order valence-corrected chi connectivity index (χ4v) is 2.09. The summed E-state index contributed by atoms with van der Waals surface area (Å²) in [6, 6.07) is 8.04. The number of nitrogens with one attached hydrogen (secondary N) is 2. The minimum absolute atomic E-state index is 0.725. The quantitative estimate of drug-likeness (QED) is 0.542. The maximum atomic E-state index is 5.23. The van der Waals surface area contributed by atoms with Crippen molar-refractivity contribution < 1.29 is 4.74 Å². The van der Waals surface area contributed by atoms with Gasteiger partial charge < -0.3 is 20.3 Å². The molecule has 1 aromatic carbocycles. The summed E-state index contributed by atoms with van der Waals surface area (Å²) < 4.78 is 5.23. The summed E-state index contributed by atoms with van der Waals surface area (Å²) in [6.07, 6.45) is 2.49. The number of hydrogen-bond donors (Lipinski definition) is 2. The van der Waals surface area contributed by atoms with Crippen molar-refractivity contribution in [1.82, 2.24) is 15.5 Å². The van der Waals surface area contributed by atoms with E-state index in [2.05, 4.69) is 40.6 Å². The van der Waals surface area contributed by atoms with Gasteiger partial charge in [-0.3, -0.25) is 4.99 Å². The number of benzene rings is 1. The van der Waals surface area contributed by atoms with Gasteiger partial charge in [0.2, 0.25) is 0 Å². The van der Waals surface area contributed by atoms with Crippen molar-refractivity contribution in [3.8, 4) is 5.75 Å². The molecule has 0 saturated carbocycles. The molecule has 0 heterocycles. The number of hydrogen-bond acceptors (Lipinski definition) is 3. The number of rotatable bonds is 9. The highest BCUT2D eigenvalue weighted by Gasteiger charge is 2.01. The first kappa shape index (κ1) is 18.3. The molecule has 0 aliphatic carbocycles. The first-order valence-electron chi connectivity index (χ1n) is 7.95. The second kappa shape index (κ2) is 10.9. The number of likely N-dealkylation sites (N-methyl/N-ethyl adjacent to an activating group) is 1. The highest BCUT2D eigenvalue weighted by molar-refractivity contribution is 5.79. The van der Waals surface area contributed by atoms with Gasteiger partial charge in [-0.25, -0.2) is 0 Å². The molecule has 1 rings (SSSR count). The van der Waals surface area contributed by atoms with Crippen molar-refractivity contribution in [1.29, 1.82) is 0 Å². The standard InChI is InChI=1S/C17H30N4O/c1-5-6-11-21(3)12-10-19-17(18-2)20-14-15-8-7-9-16(13-15)22-4/h7-9,13H,5-6,10-12,14H2,1-4H3,(H2,18,19,20). The highest BCUT2D eigenvalue weighted by atomic mass is 16.5. The third-order valence-corrected chi connectivity index (χ3v) is 3.50. The molecule has 1 aromatic rings. The Hall–Kier alpha value is -1.75. The molecule has 0 saturated heterocycles. The Morgan fingerprint density at radius 3 is 2.77 bits per heavy atom. The van der Waals surface area contributed by atoms with Gasteiger partial charge in [-0.15, -0.1) is 0 Å². The first-order valence-corrected chi connectivity index (χ1v) is 7.95. The average molecular weight is 306 g/mol. The van der Waals surface area contributed by atoms with Gasteiger partial charge in [0.1, 0.15) is 5.75 Å². The summed E-state index contributed by atoms with van der Waals surface area (Å²) in [6.45, 7) is 5.99. The lowest BCUT2D eigenvalue weighted by Crippen LogP contribution is -2.40. The second-order valence-electron chi connectivity index (χ2n) is 5.36. The molecule has 0 unspecified atom stereocenters. The largest absolute Gasteiger partial charge is 0.497 e. The topological polar surface area (TPSA) is 48.9 Å². The van der Waals surface area contributed by atoms with E-state index in [1.807, 2.05) is 18.2 Å². The Morgan fingerprint density at radius 1 is 1.27 bits per heavy atom. The molecule has 22 heavy (non-hydrogen) atoms. The van der Waals surface area contributed by atoms with Crippen molar-refractivity contribution >= 4 is 5.96 Å². The van der Waals surface area contributed by atoms with Crippen molar-refractivity contribution in [3.05, 3.63) is 29.8 Å². The lowest BCUT2D eigenvalue weighted by molar-refractivity contribution is 0.332. The van der Waals surface area contributed by atoms with Gasteiger partial charge in [0.15, 0.2) is 5.96 Å². The molecule has 0 aliphatic rings. The van der Waals surface area contributed by atoms with Crippen LogP contribution in [-0.4, -0.2) is 51.7 Å². The molecular formula is C17H30N4O. The van der Waals surface area contributed by atoms with Crippen LogP contribution < -0.4 is 15.4 Å². The van der Waals surface area contributed by atoms with Crippen LogP contribution in [0.1, 0.15) is 25.3 Å². The molecular weight excluding hydrogens is 276 g/mol. The first-order chi connectivity index (χ1) is 10.7. The summed E-state index contributed by atoms with van der Waals surface area (Å²) in [4.78, 5) is 6.59. The van der Waals surface area contributed by atoms with E-state index in [-0.39, 0.29) is 0 Å². The maximum Gasteiger partial charge on any atom is 0.191 e. The molecule has 0 radical (unpaired) electrons. The number of methoxy groups -OCH3 is 1. The van der Waals surface area contributed by atoms with Gasteiger partial charge in [0.05, 0.1) is 7.11 Å². The van der Waals surface area contributed by atoms with E-state index in [1.54, 1.807) is 14.2 Å². The van der Waals surface area contributed by atoms with Crippen LogP contribution >= 0.6 is 0 Å². The molecule has 0 amide bonds.